The standard InChI is InChI=1S/C31H25F3N6O2S/c1-18(2)22-6-4-5-7-26(22)40-27(41)17-43-30(40)37-35-16-20-10-13-23-25(36-20)15-14-24-28(23)38-39(3)29(24)19-8-11-21(12-9-19)42-31(32,33)34/h4-16,18H,17H2,1-3H3. The number of thioether (sulfide) groups is 1. The average Bonchev–Trinajstić information content (AvgIpc) is 3.51. The van der Waals surface area contributed by atoms with Gasteiger partial charge in [0, 0.05) is 23.4 Å². The number of anilines is 1. The number of alkyl halides is 3. The number of nitrogens with zero attached hydrogens (tertiary/aromatic N) is 6. The van der Waals surface area contributed by atoms with Gasteiger partial charge >= 0.3 is 6.36 Å². The van der Waals surface area contributed by atoms with Gasteiger partial charge in [0.2, 0.25) is 5.91 Å². The Morgan fingerprint density at radius 2 is 1.74 bits per heavy atom. The van der Waals surface area contributed by atoms with E-state index in [1.165, 1.54) is 23.9 Å². The molecule has 6 rings (SSSR count). The number of aryl methyl sites for hydroxylation is 1. The Labute approximate surface area is 248 Å². The van der Waals surface area contributed by atoms with Crippen LogP contribution in [-0.2, 0) is 11.8 Å². The molecule has 2 aromatic heterocycles. The normalized spacial score (nSPS) is 15.2. The summed E-state index contributed by atoms with van der Waals surface area (Å²) >= 11 is 1.34. The summed E-state index contributed by atoms with van der Waals surface area (Å²) in [4.78, 5) is 19.1. The van der Waals surface area contributed by atoms with Crippen LogP contribution in [0.1, 0.15) is 31.0 Å². The predicted molar refractivity (Wildman–Crippen MR) is 164 cm³/mol. The first kappa shape index (κ1) is 28.4. The van der Waals surface area contributed by atoms with Gasteiger partial charge in [-0.25, -0.2) is 4.98 Å². The highest BCUT2D eigenvalue weighted by atomic mass is 32.2. The summed E-state index contributed by atoms with van der Waals surface area (Å²) in [7, 11) is 1.78. The van der Waals surface area contributed by atoms with Crippen LogP contribution < -0.4 is 9.64 Å². The molecule has 0 radical (unpaired) electrons. The summed E-state index contributed by atoms with van der Waals surface area (Å²) in [5.74, 6) is 0.201. The van der Waals surface area contributed by atoms with Crippen molar-refractivity contribution < 1.29 is 22.7 Å². The maximum atomic E-state index is 12.7. The van der Waals surface area contributed by atoms with Gasteiger partial charge < -0.3 is 4.74 Å². The molecular weight excluding hydrogens is 577 g/mol. The van der Waals surface area contributed by atoms with Gasteiger partial charge in [-0.15, -0.1) is 18.3 Å². The summed E-state index contributed by atoms with van der Waals surface area (Å²) in [6.07, 6.45) is -3.21. The van der Waals surface area contributed by atoms with Crippen molar-refractivity contribution in [1.82, 2.24) is 14.8 Å². The second-order valence-electron chi connectivity index (χ2n) is 10.2. The number of carbonyl (C=O) groups excluding carboxylic acids is 1. The van der Waals surface area contributed by atoms with Gasteiger partial charge in [0.15, 0.2) is 5.17 Å². The van der Waals surface area contributed by atoms with Gasteiger partial charge in [0.1, 0.15) is 11.3 Å². The fourth-order valence-corrected chi connectivity index (χ4v) is 5.91. The van der Waals surface area contributed by atoms with Crippen LogP contribution in [-0.4, -0.2) is 44.2 Å². The van der Waals surface area contributed by atoms with Crippen LogP contribution in [0.25, 0.3) is 33.1 Å². The number of aromatic nitrogens is 3. The summed E-state index contributed by atoms with van der Waals surface area (Å²) in [5, 5.41) is 15.4. The number of para-hydroxylation sites is 1. The van der Waals surface area contributed by atoms with E-state index in [-0.39, 0.29) is 17.6 Å². The van der Waals surface area contributed by atoms with Gasteiger partial charge in [0.25, 0.3) is 0 Å². The number of carbonyl (C=O) groups is 1. The van der Waals surface area contributed by atoms with E-state index in [1.54, 1.807) is 35.0 Å². The smallest absolute Gasteiger partial charge is 0.406 e. The van der Waals surface area contributed by atoms with E-state index in [0.29, 0.717) is 33.2 Å². The first-order valence-corrected chi connectivity index (χ1v) is 14.4. The number of hydrogen-bond donors (Lipinski definition) is 0. The molecule has 1 aliphatic rings. The average molecular weight is 603 g/mol. The number of fused-ring (bicyclic) bond motifs is 3. The molecular formula is C31H25F3N6O2S. The van der Waals surface area contributed by atoms with Gasteiger partial charge in [-0.3, -0.25) is 14.4 Å². The fourth-order valence-electron chi connectivity index (χ4n) is 5.10. The molecule has 8 nitrogen and oxygen atoms in total. The highest BCUT2D eigenvalue weighted by Gasteiger charge is 2.32. The fraction of sp³-hybridized carbons (Fsp3) is 0.194. The molecule has 0 aliphatic carbocycles. The van der Waals surface area contributed by atoms with Crippen molar-refractivity contribution in [2.24, 2.45) is 17.3 Å². The molecule has 0 unspecified atom stereocenters. The van der Waals surface area contributed by atoms with Crippen LogP contribution in [0.3, 0.4) is 0 Å². The largest absolute Gasteiger partial charge is 0.573 e. The third-order valence-electron chi connectivity index (χ3n) is 6.95. The molecule has 0 spiro atoms. The van der Waals surface area contributed by atoms with Crippen molar-refractivity contribution in [3.63, 3.8) is 0 Å². The summed E-state index contributed by atoms with van der Waals surface area (Å²) < 4.78 is 43.4. The van der Waals surface area contributed by atoms with Crippen LogP contribution in [0, 0.1) is 0 Å². The molecule has 3 heterocycles. The predicted octanol–water partition coefficient (Wildman–Crippen LogP) is 7.28. The Kier molecular flexibility index (Phi) is 7.38. The molecule has 1 amide bonds. The Hall–Kier alpha value is -4.71. The maximum absolute atomic E-state index is 12.7. The van der Waals surface area contributed by atoms with Crippen LogP contribution in [0.5, 0.6) is 5.75 Å². The van der Waals surface area contributed by atoms with Crippen molar-refractivity contribution in [3.8, 4) is 17.0 Å². The summed E-state index contributed by atoms with van der Waals surface area (Å²) in [6, 6.07) is 21.0. The molecule has 0 N–H and O–H groups in total. The Morgan fingerprint density at radius 3 is 2.49 bits per heavy atom. The lowest BCUT2D eigenvalue weighted by Crippen LogP contribution is -2.30. The quantitative estimate of drug-likeness (QED) is 0.151. The monoisotopic (exact) mass is 602 g/mol. The zero-order valence-corrected chi connectivity index (χ0v) is 24.1. The van der Waals surface area contributed by atoms with E-state index in [1.807, 2.05) is 48.5 Å². The molecule has 1 aliphatic heterocycles. The van der Waals surface area contributed by atoms with E-state index in [4.69, 9.17) is 4.98 Å². The summed E-state index contributed by atoms with van der Waals surface area (Å²) in [6.45, 7) is 4.17. The van der Waals surface area contributed by atoms with Gasteiger partial charge in [0.05, 0.1) is 34.6 Å². The third-order valence-corrected chi connectivity index (χ3v) is 7.87. The third kappa shape index (κ3) is 5.70. The minimum atomic E-state index is -4.75. The molecule has 1 saturated heterocycles. The number of halogens is 3. The molecule has 0 atom stereocenters. The minimum Gasteiger partial charge on any atom is -0.406 e. The Morgan fingerprint density at radius 1 is 1.00 bits per heavy atom. The van der Waals surface area contributed by atoms with Gasteiger partial charge in [-0.1, -0.05) is 43.8 Å². The number of amides is 1. The second kappa shape index (κ2) is 11.2. The van der Waals surface area contributed by atoms with Gasteiger partial charge in [-0.2, -0.15) is 10.2 Å². The summed E-state index contributed by atoms with van der Waals surface area (Å²) in [5.41, 5.74) is 5.31. The van der Waals surface area contributed by atoms with E-state index in [9.17, 15) is 18.0 Å². The zero-order valence-electron chi connectivity index (χ0n) is 23.3. The lowest BCUT2D eigenvalue weighted by atomic mass is 10.0. The van der Waals surface area contributed by atoms with Crippen LogP contribution in [0.2, 0.25) is 0 Å². The Bertz CT molecular complexity index is 1920. The topological polar surface area (TPSA) is 85.0 Å². The lowest BCUT2D eigenvalue weighted by Gasteiger charge is -2.20. The molecule has 5 aromatic rings. The van der Waals surface area contributed by atoms with Crippen LogP contribution in [0.15, 0.2) is 83.0 Å². The van der Waals surface area contributed by atoms with Crippen molar-refractivity contribution in [1.29, 1.82) is 0 Å². The number of ether oxygens (including phenoxy) is 1. The SMILES string of the molecule is CC(C)c1ccccc1N1C(=O)CSC1=NN=Cc1ccc2c(ccc3c(-c4ccc(OC(F)(F)F)cc4)n(C)nc32)n1. The van der Waals surface area contributed by atoms with Crippen molar-refractivity contribution in [3.05, 3.63) is 84.1 Å². The first-order chi connectivity index (χ1) is 20.6. The molecule has 3 aromatic carbocycles. The minimum absolute atomic E-state index is 0.0415. The van der Waals surface area contributed by atoms with Crippen LogP contribution in [0.4, 0.5) is 18.9 Å². The highest BCUT2D eigenvalue weighted by Crippen LogP contribution is 2.35. The maximum Gasteiger partial charge on any atom is 0.573 e. The van der Waals surface area contributed by atoms with Gasteiger partial charge in [-0.05, 0) is 66.1 Å². The number of pyridine rings is 1. The van der Waals surface area contributed by atoms with E-state index in [0.717, 1.165) is 27.7 Å². The number of rotatable bonds is 6. The van der Waals surface area contributed by atoms with Crippen molar-refractivity contribution in [2.45, 2.75) is 26.1 Å². The van der Waals surface area contributed by atoms with Crippen molar-refractivity contribution >= 4 is 56.5 Å². The van der Waals surface area contributed by atoms with Crippen LogP contribution >= 0.6 is 11.8 Å². The highest BCUT2D eigenvalue weighted by molar-refractivity contribution is 8.15. The first-order valence-electron chi connectivity index (χ1n) is 13.4. The molecule has 1 fully saturated rings. The van der Waals surface area contributed by atoms with Crippen molar-refractivity contribution in [2.75, 3.05) is 10.7 Å². The molecule has 43 heavy (non-hydrogen) atoms. The molecule has 12 heteroatoms. The molecule has 0 bridgehead atoms. The number of hydrogen-bond acceptors (Lipinski definition) is 7. The Balaban J connectivity index is 1.28. The lowest BCUT2D eigenvalue weighted by molar-refractivity contribution is -0.274. The zero-order chi connectivity index (χ0) is 30.3. The molecule has 218 valence electrons. The van der Waals surface area contributed by atoms with E-state index < -0.39 is 6.36 Å². The second-order valence-corrected chi connectivity index (χ2v) is 11.1. The van der Waals surface area contributed by atoms with E-state index >= 15 is 0 Å². The number of amidine groups is 1. The molecule has 0 saturated carbocycles. The van der Waals surface area contributed by atoms with E-state index in [2.05, 4.69) is 33.9 Å². The number of benzene rings is 3.